The fraction of sp³-hybridized carbons (Fsp3) is 0.500. The van der Waals surface area contributed by atoms with Gasteiger partial charge in [-0.25, -0.2) is 4.39 Å². The van der Waals surface area contributed by atoms with Gasteiger partial charge in [-0.1, -0.05) is 19.9 Å². The molecule has 0 aliphatic heterocycles. The second kappa shape index (κ2) is 13.7. The zero-order valence-electron chi connectivity index (χ0n) is 27.5. The molecule has 3 aromatic rings. The number of hydrogen-bond donors (Lipinski definition) is 3. The van der Waals surface area contributed by atoms with Crippen LogP contribution in [0.25, 0.3) is 11.1 Å². The number of carbonyl (C=O) groups is 1. The van der Waals surface area contributed by atoms with Gasteiger partial charge in [-0.05, 0) is 107 Å². The van der Waals surface area contributed by atoms with Crippen molar-refractivity contribution in [1.82, 2.24) is 9.88 Å². The van der Waals surface area contributed by atoms with Crippen LogP contribution in [0.1, 0.15) is 82.9 Å². The number of nitrogens with zero attached hydrogens (tertiary/aromatic N) is 1. The first kappa shape index (κ1) is 34.2. The minimum absolute atomic E-state index is 0.0139. The van der Waals surface area contributed by atoms with E-state index in [0.717, 1.165) is 12.8 Å². The molecule has 4 rings (SSSR count). The Morgan fingerprint density at radius 2 is 1.64 bits per heavy atom. The first-order chi connectivity index (χ1) is 21.1. The summed E-state index contributed by atoms with van der Waals surface area (Å²) in [5.74, 6) is 1.05. The number of ether oxygens (including phenoxy) is 2. The molecule has 0 atom stereocenters. The van der Waals surface area contributed by atoms with Crippen LogP contribution in [-0.2, 0) is 17.4 Å². The van der Waals surface area contributed by atoms with Crippen LogP contribution in [0.15, 0.2) is 47.4 Å². The van der Waals surface area contributed by atoms with Gasteiger partial charge in [0, 0.05) is 48.5 Å². The second-order valence-corrected chi connectivity index (χ2v) is 13.5. The Balaban J connectivity index is 1.63. The molecule has 1 amide bonds. The Morgan fingerprint density at radius 1 is 1.00 bits per heavy atom. The highest BCUT2D eigenvalue weighted by molar-refractivity contribution is 5.82. The Hall–Kier alpha value is -3.69. The molecule has 1 aromatic heterocycles. The van der Waals surface area contributed by atoms with Gasteiger partial charge in [0.15, 0.2) is 0 Å². The zero-order valence-corrected chi connectivity index (χ0v) is 27.5. The number of halogens is 1. The molecule has 8 nitrogen and oxygen atoms in total. The summed E-state index contributed by atoms with van der Waals surface area (Å²) >= 11 is 0. The van der Waals surface area contributed by atoms with Crippen LogP contribution in [0, 0.1) is 25.1 Å². The molecule has 1 heterocycles. The first-order valence-electron chi connectivity index (χ1n) is 15.7. The summed E-state index contributed by atoms with van der Waals surface area (Å²) < 4.78 is 28.5. The number of rotatable bonds is 11. The Labute approximate surface area is 265 Å². The Bertz CT molecular complexity index is 1560. The average molecular weight is 623 g/mol. The van der Waals surface area contributed by atoms with Crippen molar-refractivity contribution in [3.63, 3.8) is 0 Å². The summed E-state index contributed by atoms with van der Waals surface area (Å²) in [6, 6.07) is 9.74. The fourth-order valence-corrected chi connectivity index (χ4v) is 5.81. The minimum Gasteiger partial charge on any atom is -0.490 e. The maximum atomic E-state index is 14.1. The molecule has 0 unspecified atom stereocenters. The van der Waals surface area contributed by atoms with Gasteiger partial charge >= 0.3 is 0 Å². The number of nitrogens with one attached hydrogen (secondary N) is 1. The van der Waals surface area contributed by atoms with E-state index >= 15 is 0 Å². The Morgan fingerprint density at radius 3 is 2.24 bits per heavy atom. The van der Waals surface area contributed by atoms with Crippen molar-refractivity contribution in [1.29, 1.82) is 0 Å². The van der Waals surface area contributed by atoms with Gasteiger partial charge in [-0.3, -0.25) is 9.59 Å². The lowest BCUT2D eigenvalue weighted by Gasteiger charge is -2.33. The highest BCUT2D eigenvalue weighted by Gasteiger charge is 2.31. The van der Waals surface area contributed by atoms with Crippen molar-refractivity contribution in [3.8, 4) is 28.4 Å². The molecule has 1 aliphatic rings. The van der Waals surface area contributed by atoms with E-state index in [1.54, 1.807) is 53.1 Å². The van der Waals surface area contributed by atoms with Crippen molar-refractivity contribution in [2.45, 2.75) is 97.8 Å². The lowest BCUT2D eigenvalue weighted by molar-refractivity contribution is -0.130. The van der Waals surface area contributed by atoms with Crippen molar-refractivity contribution >= 4 is 5.91 Å². The lowest BCUT2D eigenvalue weighted by Crippen LogP contribution is -2.45. The van der Waals surface area contributed by atoms with E-state index in [1.165, 1.54) is 22.8 Å². The topological polar surface area (TPSA) is 110 Å². The number of aromatic nitrogens is 1. The van der Waals surface area contributed by atoms with E-state index < -0.39 is 11.0 Å². The average Bonchev–Trinajstić information content (AvgIpc) is 2.96. The summed E-state index contributed by atoms with van der Waals surface area (Å²) in [6.45, 7) is 10.8. The van der Waals surface area contributed by atoms with E-state index in [0.29, 0.717) is 70.7 Å². The summed E-state index contributed by atoms with van der Waals surface area (Å²) in [6.07, 6.45) is 5.58. The number of hydrogen-bond acceptors (Lipinski definition) is 6. The maximum Gasteiger partial charge on any atom is 0.254 e. The lowest BCUT2D eigenvalue weighted by atomic mass is 9.85. The molecule has 0 bridgehead atoms. The number of aliphatic hydroxyl groups excluding tert-OH is 1. The normalized spacial score (nSPS) is 17.2. The molecule has 0 saturated heterocycles. The molecule has 244 valence electrons. The monoisotopic (exact) mass is 622 g/mol. The SMILES string of the molecule is Cc1cc(F)cc(C)c1Oc1ccc(C(C)(C)O)cc1-c1cn(C)c(=O)cc1O[C@H]1CC[C@H](NC(=O)C(C)(C)CCCO)CC1. The predicted molar refractivity (Wildman–Crippen MR) is 173 cm³/mol. The van der Waals surface area contributed by atoms with Crippen LogP contribution in [0.2, 0.25) is 0 Å². The molecule has 1 fully saturated rings. The molecule has 3 N–H and O–H groups in total. The molecule has 1 aliphatic carbocycles. The van der Waals surface area contributed by atoms with Gasteiger partial charge in [0.25, 0.3) is 5.56 Å². The maximum absolute atomic E-state index is 14.1. The molecular weight excluding hydrogens is 575 g/mol. The van der Waals surface area contributed by atoms with Crippen molar-refractivity contribution in [2.24, 2.45) is 12.5 Å². The number of benzene rings is 2. The number of aliphatic hydroxyl groups is 2. The van der Waals surface area contributed by atoms with E-state index in [2.05, 4.69) is 5.32 Å². The van der Waals surface area contributed by atoms with Gasteiger partial charge in [-0.15, -0.1) is 0 Å². The summed E-state index contributed by atoms with van der Waals surface area (Å²) in [5, 5.41) is 23.2. The van der Waals surface area contributed by atoms with Crippen molar-refractivity contribution in [3.05, 3.63) is 75.5 Å². The van der Waals surface area contributed by atoms with E-state index in [1.807, 2.05) is 19.9 Å². The molecular formula is C36H47FN2O6. The number of aryl methyl sites for hydroxylation is 3. The number of carbonyl (C=O) groups excluding carboxylic acids is 1. The highest BCUT2D eigenvalue weighted by Crippen LogP contribution is 2.42. The third kappa shape index (κ3) is 8.32. The van der Waals surface area contributed by atoms with Gasteiger partial charge in [0.1, 0.15) is 23.1 Å². The zero-order chi connectivity index (χ0) is 33.1. The van der Waals surface area contributed by atoms with E-state index in [-0.39, 0.29) is 36.0 Å². The van der Waals surface area contributed by atoms with Crippen molar-refractivity contribution < 1.29 is 28.9 Å². The highest BCUT2D eigenvalue weighted by atomic mass is 19.1. The second-order valence-electron chi connectivity index (χ2n) is 13.5. The van der Waals surface area contributed by atoms with Gasteiger partial charge in [-0.2, -0.15) is 0 Å². The van der Waals surface area contributed by atoms with Crippen LogP contribution in [0.3, 0.4) is 0 Å². The van der Waals surface area contributed by atoms with Crippen LogP contribution >= 0.6 is 0 Å². The van der Waals surface area contributed by atoms with Crippen LogP contribution in [-0.4, -0.2) is 39.4 Å². The number of pyridine rings is 1. The van der Waals surface area contributed by atoms with Crippen LogP contribution < -0.4 is 20.3 Å². The summed E-state index contributed by atoms with van der Waals surface area (Å²) in [5.41, 5.74) is 1.24. The molecule has 0 radical (unpaired) electrons. The summed E-state index contributed by atoms with van der Waals surface area (Å²) in [4.78, 5) is 25.7. The van der Waals surface area contributed by atoms with E-state index in [4.69, 9.17) is 9.47 Å². The third-order valence-corrected chi connectivity index (χ3v) is 8.68. The number of amides is 1. The first-order valence-corrected chi connectivity index (χ1v) is 15.7. The quantitative estimate of drug-likeness (QED) is 0.227. The van der Waals surface area contributed by atoms with Gasteiger partial charge in [0.05, 0.1) is 11.7 Å². The minimum atomic E-state index is -1.15. The fourth-order valence-electron chi connectivity index (χ4n) is 5.81. The molecule has 2 aromatic carbocycles. The molecule has 0 spiro atoms. The molecule has 45 heavy (non-hydrogen) atoms. The van der Waals surface area contributed by atoms with Gasteiger partial charge < -0.3 is 29.6 Å². The van der Waals surface area contributed by atoms with Crippen LogP contribution in [0.5, 0.6) is 17.2 Å². The predicted octanol–water partition coefficient (Wildman–Crippen LogP) is 6.43. The van der Waals surface area contributed by atoms with Crippen molar-refractivity contribution in [2.75, 3.05) is 6.61 Å². The van der Waals surface area contributed by atoms with E-state index in [9.17, 15) is 24.2 Å². The standard InChI is InChI=1S/C36H47FN2O6/c1-22-17-25(37)18-23(2)33(22)45-30-14-9-24(36(5,6)43)19-28(30)29-21-39(7)32(41)20-31(29)44-27-12-10-26(11-13-27)38-34(42)35(3,4)15-8-16-40/h9,14,17-21,26-27,40,43H,8,10-13,15-16H2,1-7H3,(H,38,42)/t26-,27-. The van der Waals surface area contributed by atoms with Gasteiger partial charge in [0.2, 0.25) is 5.91 Å². The summed E-state index contributed by atoms with van der Waals surface area (Å²) in [7, 11) is 1.67. The Kier molecular flexibility index (Phi) is 10.4. The smallest absolute Gasteiger partial charge is 0.254 e. The third-order valence-electron chi connectivity index (χ3n) is 8.68. The molecule has 1 saturated carbocycles. The largest absolute Gasteiger partial charge is 0.490 e. The molecule has 9 heteroatoms. The van der Waals surface area contributed by atoms with Crippen LogP contribution in [0.4, 0.5) is 4.39 Å².